The van der Waals surface area contributed by atoms with Gasteiger partial charge < -0.3 is 9.88 Å². The molecule has 20 heteroatoms. The molecule has 2 N–H and O–H groups in total. The summed E-state index contributed by atoms with van der Waals surface area (Å²) in [5, 5.41) is 11.2. The molecule has 0 bridgehead atoms. The molecule has 300 valence electrons. The summed E-state index contributed by atoms with van der Waals surface area (Å²) in [6.07, 6.45) is 0.689. The van der Waals surface area contributed by atoms with Gasteiger partial charge >= 0.3 is 0 Å². The van der Waals surface area contributed by atoms with Gasteiger partial charge in [-0.05, 0) is 66.5 Å². The maximum atomic E-state index is 15.4. The molecule has 8 rings (SSSR count). The van der Waals surface area contributed by atoms with Crippen molar-refractivity contribution in [3.05, 3.63) is 111 Å². The Kier molecular flexibility index (Phi) is 9.54. The van der Waals surface area contributed by atoms with Crippen molar-refractivity contribution in [2.45, 2.75) is 43.7 Å². The molecular formula is C38H30ClF6N9O3S. The van der Waals surface area contributed by atoms with Crippen LogP contribution < -0.4 is 10.0 Å². The van der Waals surface area contributed by atoms with Crippen molar-refractivity contribution in [1.29, 1.82) is 0 Å². The van der Waals surface area contributed by atoms with Crippen molar-refractivity contribution in [3.63, 3.8) is 0 Å². The smallest absolute Gasteiger partial charge is 0.293 e. The van der Waals surface area contributed by atoms with Crippen LogP contribution in [0.1, 0.15) is 64.4 Å². The van der Waals surface area contributed by atoms with Crippen LogP contribution in [0.2, 0.25) is 5.02 Å². The lowest BCUT2D eigenvalue weighted by atomic mass is 9.93. The summed E-state index contributed by atoms with van der Waals surface area (Å²) in [5.41, 5.74) is -0.114. The Morgan fingerprint density at radius 3 is 2.40 bits per heavy atom. The third kappa shape index (κ3) is 7.26. The Labute approximate surface area is 331 Å². The zero-order chi connectivity index (χ0) is 41.4. The molecule has 0 aliphatic heterocycles. The van der Waals surface area contributed by atoms with E-state index in [2.05, 4.69) is 37.1 Å². The van der Waals surface area contributed by atoms with Gasteiger partial charge in [0.05, 0.1) is 40.2 Å². The maximum Gasteiger partial charge on any atom is 0.293 e. The molecule has 58 heavy (non-hydrogen) atoms. The van der Waals surface area contributed by atoms with E-state index in [-0.39, 0.29) is 51.6 Å². The van der Waals surface area contributed by atoms with E-state index in [0.29, 0.717) is 33.1 Å². The zero-order valence-corrected chi connectivity index (χ0v) is 32.1. The number of anilines is 1. The van der Waals surface area contributed by atoms with Crippen LogP contribution in [0.4, 0.5) is 32.2 Å². The van der Waals surface area contributed by atoms with E-state index < -0.39 is 75.7 Å². The van der Waals surface area contributed by atoms with Gasteiger partial charge in [-0.3, -0.25) is 18.9 Å². The van der Waals surface area contributed by atoms with E-state index in [4.69, 9.17) is 16.6 Å². The quantitative estimate of drug-likeness (QED) is 0.118. The van der Waals surface area contributed by atoms with Crippen molar-refractivity contribution >= 4 is 44.3 Å². The van der Waals surface area contributed by atoms with Gasteiger partial charge in [0.1, 0.15) is 41.0 Å². The molecule has 2 aliphatic carbocycles. The fraction of sp³-hybridized carbons (Fsp3) is 0.289. The number of hydrogen-bond donors (Lipinski definition) is 2. The van der Waals surface area contributed by atoms with Crippen LogP contribution in [0.3, 0.4) is 0 Å². The van der Waals surface area contributed by atoms with E-state index in [1.807, 2.05) is 0 Å². The number of rotatable bonds is 10. The van der Waals surface area contributed by atoms with E-state index in [9.17, 15) is 30.8 Å². The van der Waals surface area contributed by atoms with Crippen molar-refractivity contribution in [2.75, 3.05) is 11.0 Å². The molecule has 3 atom stereocenters. The third-order valence-electron chi connectivity index (χ3n) is 9.95. The molecular weight excluding hydrogens is 812 g/mol. The summed E-state index contributed by atoms with van der Waals surface area (Å²) in [4.78, 5) is 23.0. The second-order valence-corrected chi connectivity index (χ2v) is 16.4. The second-order valence-electron chi connectivity index (χ2n) is 14.2. The lowest BCUT2D eigenvalue weighted by Gasteiger charge is -2.23. The monoisotopic (exact) mass is 841 g/mol. The van der Waals surface area contributed by atoms with E-state index in [1.165, 1.54) is 10.7 Å². The Morgan fingerprint density at radius 1 is 1.02 bits per heavy atom. The minimum atomic E-state index is -3.82. The number of imidazole rings is 1. The molecule has 6 aromatic rings. The Hall–Kier alpha value is -5.87. The van der Waals surface area contributed by atoms with Gasteiger partial charge in [-0.25, -0.2) is 35.9 Å². The van der Waals surface area contributed by atoms with Crippen LogP contribution in [0.15, 0.2) is 55.0 Å². The van der Waals surface area contributed by atoms with Crippen LogP contribution in [0.5, 0.6) is 0 Å². The number of fused-ring (bicyclic) bond motifs is 4. The highest BCUT2D eigenvalue weighted by Crippen LogP contribution is 2.68. The zero-order valence-electron chi connectivity index (χ0n) is 30.5. The van der Waals surface area contributed by atoms with E-state index in [0.717, 1.165) is 18.4 Å². The number of halogens is 7. The normalized spacial score (nSPS) is 17.2. The van der Waals surface area contributed by atoms with Crippen LogP contribution in [-0.4, -0.2) is 54.7 Å². The standard InChI is InChI=1S/C38H30ClF6N9O3S/c1-52-15-22(46-17-52)5-4-21-6-7-23(24-8-9-27(39)31-34(24)53(2)50-37(31)51-58(3,56)57)32(47-21)28(12-18-10-19(40)13-20(41)11-18)48-29(55)16-54-35-30(33(49-54)36(42)43)25-14-26(25)38(35,44)45/h6-11,13,15,17,25-26,28,36H,12,14,16H2,1-3H3,(H,48,55)(H,50,51)/t25-,26+,28-/m0/s1. The number of alkyl halides is 4. The molecule has 12 nitrogen and oxygen atoms in total. The third-order valence-corrected chi connectivity index (χ3v) is 10.8. The van der Waals surface area contributed by atoms with Crippen molar-refractivity contribution < 1.29 is 39.6 Å². The predicted molar refractivity (Wildman–Crippen MR) is 199 cm³/mol. The molecule has 2 aromatic carbocycles. The molecule has 0 unspecified atom stereocenters. The Bertz CT molecular complexity index is 2830. The van der Waals surface area contributed by atoms with Gasteiger partial charge in [0, 0.05) is 49.0 Å². The van der Waals surface area contributed by atoms with Gasteiger partial charge in [-0.1, -0.05) is 17.7 Å². The van der Waals surface area contributed by atoms with Gasteiger partial charge in [-0.15, -0.1) is 0 Å². The minimum Gasteiger partial charge on any atom is -0.346 e. The summed E-state index contributed by atoms with van der Waals surface area (Å²) in [6, 6.07) is 7.72. The fourth-order valence-corrected chi connectivity index (χ4v) is 8.36. The highest BCUT2D eigenvalue weighted by molar-refractivity contribution is 7.92. The number of carbonyl (C=O) groups is 1. The molecule has 0 saturated heterocycles. The molecule has 1 fully saturated rings. The van der Waals surface area contributed by atoms with Crippen LogP contribution in [0, 0.1) is 29.4 Å². The van der Waals surface area contributed by atoms with Gasteiger partial charge in [0.15, 0.2) is 5.82 Å². The molecule has 2 aliphatic rings. The lowest BCUT2D eigenvalue weighted by Crippen LogP contribution is -2.35. The summed E-state index contributed by atoms with van der Waals surface area (Å²) in [6.45, 7) is -0.903. The highest BCUT2D eigenvalue weighted by Gasteiger charge is 2.67. The summed E-state index contributed by atoms with van der Waals surface area (Å²) in [7, 11) is -0.528. The first-order valence-electron chi connectivity index (χ1n) is 17.5. The summed E-state index contributed by atoms with van der Waals surface area (Å²) >= 11 is 6.60. The molecule has 0 spiro atoms. The van der Waals surface area contributed by atoms with Crippen LogP contribution in [0.25, 0.3) is 22.0 Å². The fourth-order valence-electron chi connectivity index (χ4n) is 7.62. The molecule has 0 radical (unpaired) electrons. The summed E-state index contributed by atoms with van der Waals surface area (Å²) < 4.78 is 119. The van der Waals surface area contributed by atoms with E-state index >= 15 is 8.78 Å². The number of aryl methyl sites for hydroxylation is 2. The van der Waals surface area contributed by atoms with Gasteiger partial charge in [-0.2, -0.15) is 19.0 Å². The number of sulfonamides is 1. The first-order chi connectivity index (χ1) is 27.4. The molecule has 4 heterocycles. The number of hydrogen-bond acceptors (Lipinski definition) is 7. The van der Waals surface area contributed by atoms with E-state index in [1.54, 1.807) is 49.4 Å². The van der Waals surface area contributed by atoms with Crippen LogP contribution in [-0.2, 0) is 47.8 Å². The number of nitrogens with zero attached hydrogens (tertiary/aromatic N) is 7. The van der Waals surface area contributed by atoms with Crippen molar-refractivity contribution in [3.8, 4) is 23.0 Å². The highest BCUT2D eigenvalue weighted by atomic mass is 35.5. The average Bonchev–Trinajstić information content (AvgIpc) is 3.38. The SMILES string of the molecule is Cn1cnc(C#Cc2ccc(-c3ccc(Cl)c4c(NS(C)(=O)=O)nn(C)c34)c([C@H](Cc3cc(F)cc(F)c3)NC(=O)Cn3nc(C(F)F)c4c3C(F)(F)[C@@H]3C[C@H]43)n2)c1. The predicted octanol–water partition coefficient (Wildman–Crippen LogP) is 6.51. The minimum absolute atomic E-state index is 0.0261. The Balaban J connectivity index is 1.28. The number of amides is 1. The van der Waals surface area contributed by atoms with Crippen molar-refractivity contribution in [2.24, 2.45) is 20.0 Å². The molecule has 1 amide bonds. The van der Waals surface area contributed by atoms with Gasteiger partial charge in [0.25, 0.3) is 12.3 Å². The topological polar surface area (TPSA) is 142 Å². The molecule has 1 saturated carbocycles. The number of aromatic nitrogens is 7. The summed E-state index contributed by atoms with van der Waals surface area (Å²) in [5.74, 6) is -2.52. The number of carbonyl (C=O) groups excluding carboxylic acids is 1. The maximum absolute atomic E-state index is 15.4. The first kappa shape index (κ1) is 39.0. The Morgan fingerprint density at radius 2 is 1.72 bits per heavy atom. The lowest BCUT2D eigenvalue weighted by molar-refractivity contribution is -0.123. The first-order valence-corrected chi connectivity index (χ1v) is 19.8. The number of benzene rings is 2. The van der Waals surface area contributed by atoms with Crippen molar-refractivity contribution in [1.82, 2.24) is 39.4 Å². The molecule has 4 aromatic heterocycles. The van der Waals surface area contributed by atoms with Gasteiger partial charge in [0.2, 0.25) is 15.9 Å². The number of nitrogens with one attached hydrogen (secondary N) is 2. The number of pyridine rings is 1. The second kappa shape index (κ2) is 14.2. The van der Waals surface area contributed by atoms with Crippen LogP contribution >= 0.6 is 11.6 Å². The largest absolute Gasteiger partial charge is 0.346 e. The average molecular weight is 842 g/mol.